The number of thiophene rings is 1. The maximum Gasteiger partial charge on any atom is 0.103 e. The Bertz CT molecular complexity index is 588. The Morgan fingerprint density at radius 2 is 2.05 bits per heavy atom. The van der Waals surface area contributed by atoms with E-state index >= 15 is 0 Å². The van der Waals surface area contributed by atoms with Crippen LogP contribution in [0.15, 0.2) is 41.1 Å². The van der Waals surface area contributed by atoms with E-state index < -0.39 is 0 Å². The Morgan fingerprint density at radius 1 is 1.25 bits per heavy atom. The van der Waals surface area contributed by atoms with Gasteiger partial charge in [-0.05, 0) is 46.9 Å². The molecular weight excluding hydrogens is 284 g/mol. The number of hydrogen-bond donors (Lipinski definition) is 1. The van der Waals surface area contributed by atoms with Gasteiger partial charge < -0.3 is 5.73 Å². The van der Waals surface area contributed by atoms with Crippen molar-refractivity contribution in [2.24, 2.45) is 5.73 Å². The van der Waals surface area contributed by atoms with Crippen LogP contribution in [0.3, 0.4) is 0 Å². The SMILES string of the molecule is NC(=S)c1cccc(CN(Cc2ccsc2)C2CC2)c1. The number of hydrogen-bond acceptors (Lipinski definition) is 3. The molecule has 1 aromatic carbocycles. The number of nitrogens with two attached hydrogens (primary N) is 1. The van der Waals surface area contributed by atoms with Crippen LogP contribution in [0.1, 0.15) is 29.5 Å². The largest absolute Gasteiger partial charge is 0.389 e. The lowest BCUT2D eigenvalue weighted by Gasteiger charge is -2.22. The quantitative estimate of drug-likeness (QED) is 0.828. The van der Waals surface area contributed by atoms with Crippen molar-refractivity contribution in [2.45, 2.75) is 32.0 Å². The molecule has 4 heteroatoms. The first-order valence-electron chi connectivity index (χ1n) is 6.86. The van der Waals surface area contributed by atoms with Crippen LogP contribution < -0.4 is 5.73 Å². The Hall–Kier alpha value is -1.23. The van der Waals surface area contributed by atoms with Gasteiger partial charge >= 0.3 is 0 Å². The minimum absolute atomic E-state index is 0.475. The molecule has 0 radical (unpaired) electrons. The van der Waals surface area contributed by atoms with Gasteiger partial charge in [-0.3, -0.25) is 4.90 Å². The molecule has 1 heterocycles. The second kappa shape index (κ2) is 6.04. The normalized spacial score (nSPS) is 14.7. The molecule has 2 nitrogen and oxygen atoms in total. The predicted molar refractivity (Wildman–Crippen MR) is 88.9 cm³/mol. The molecule has 2 N–H and O–H groups in total. The van der Waals surface area contributed by atoms with Gasteiger partial charge in [0.1, 0.15) is 4.99 Å². The summed E-state index contributed by atoms with van der Waals surface area (Å²) in [7, 11) is 0. The summed E-state index contributed by atoms with van der Waals surface area (Å²) in [4.78, 5) is 3.03. The van der Waals surface area contributed by atoms with E-state index in [2.05, 4.69) is 33.9 Å². The summed E-state index contributed by atoms with van der Waals surface area (Å²) < 4.78 is 0. The highest BCUT2D eigenvalue weighted by molar-refractivity contribution is 7.80. The van der Waals surface area contributed by atoms with Crippen LogP contribution >= 0.6 is 23.6 Å². The van der Waals surface area contributed by atoms with Gasteiger partial charge in [-0.1, -0.05) is 30.4 Å². The predicted octanol–water partition coefficient (Wildman–Crippen LogP) is 3.55. The third-order valence-electron chi connectivity index (χ3n) is 3.63. The summed E-state index contributed by atoms with van der Waals surface area (Å²) in [5.74, 6) is 0. The van der Waals surface area contributed by atoms with Gasteiger partial charge in [-0.15, -0.1) is 0 Å². The van der Waals surface area contributed by atoms with Crippen LogP contribution in [-0.2, 0) is 13.1 Å². The molecule has 104 valence electrons. The fourth-order valence-corrected chi connectivity index (χ4v) is 3.22. The van der Waals surface area contributed by atoms with Gasteiger partial charge in [0, 0.05) is 24.7 Å². The van der Waals surface area contributed by atoms with Gasteiger partial charge in [-0.2, -0.15) is 11.3 Å². The van der Waals surface area contributed by atoms with Crippen LogP contribution in [0.5, 0.6) is 0 Å². The van der Waals surface area contributed by atoms with Crippen molar-refractivity contribution in [1.29, 1.82) is 0 Å². The summed E-state index contributed by atoms with van der Waals surface area (Å²) in [6.07, 6.45) is 2.64. The van der Waals surface area contributed by atoms with Crippen LogP contribution in [0.4, 0.5) is 0 Å². The van der Waals surface area contributed by atoms with E-state index in [0.29, 0.717) is 4.99 Å². The molecule has 3 rings (SSSR count). The van der Waals surface area contributed by atoms with Crippen LogP contribution in [0, 0.1) is 0 Å². The molecule has 1 fully saturated rings. The summed E-state index contributed by atoms with van der Waals surface area (Å²) >= 11 is 6.82. The highest BCUT2D eigenvalue weighted by atomic mass is 32.1. The number of thiocarbonyl (C=S) groups is 1. The van der Waals surface area contributed by atoms with Crippen LogP contribution in [0.25, 0.3) is 0 Å². The average Bonchev–Trinajstić information content (AvgIpc) is 3.17. The molecule has 1 aromatic heterocycles. The van der Waals surface area contributed by atoms with Crippen molar-refractivity contribution >= 4 is 28.5 Å². The molecule has 20 heavy (non-hydrogen) atoms. The number of nitrogens with zero attached hydrogens (tertiary/aromatic N) is 1. The molecule has 0 atom stereocenters. The lowest BCUT2D eigenvalue weighted by molar-refractivity contribution is 0.246. The molecular formula is C16H18N2S2. The highest BCUT2D eigenvalue weighted by Gasteiger charge is 2.29. The Kier molecular flexibility index (Phi) is 4.15. The summed E-state index contributed by atoms with van der Waals surface area (Å²) in [5.41, 5.74) is 9.38. The van der Waals surface area contributed by atoms with Gasteiger partial charge in [0.2, 0.25) is 0 Å². The summed E-state index contributed by atoms with van der Waals surface area (Å²) in [6, 6.07) is 11.2. The first-order chi connectivity index (χ1) is 9.72. The van der Waals surface area contributed by atoms with E-state index in [0.717, 1.165) is 24.7 Å². The van der Waals surface area contributed by atoms with E-state index in [1.54, 1.807) is 11.3 Å². The maximum absolute atomic E-state index is 5.71. The van der Waals surface area contributed by atoms with Crippen LogP contribution in [-0.4, -0.2) is 15.9 Å². The Balaban J connectivity index is 1.73. The van der Waals surface area contributed by atoms with E-state index in [1.165, 1.54) is 24.0 Å². The van der Waals surface area contributed by atoms with Crippen molar-refractivity contribution in [3.63, 3.8) is 0 Å². The first kappa shape index (κ1) is 13.7. The third-order valence-corrected chi connectivity index (χ3v) is 4.59. The molecule has 1 aliphatic carbocycles. The van der Waals surface area contributed by atoms with E-state index in [-0.39, 0.29) is 0 Å². The van der Waals surface area contributed by atoms with Gasteiger partial charge in [0.25, 0.3) is 0 Å². The van der Waals surface area contributed by atoms with Gasteiger partial charge in [0.05, 0.1) is 0 Å². The third kappa shape index (κ3) is 3.45. The zero-order chi connectivity index (χ0) is 13.9. The molecule has 0 aliphatic heterocycles. The lowest BCUT2D eigenvalue weighted by atomic mass is 10.1. The molecule has 0 unspecified atom stereocenters. The van der Waals surface area contributed by atoms with Crippen molar-refractivity contribution < 1.29 is 0 Å². The monoisotopic (exact) mass is 302 g/mol. The lowest BCUT2D eigenvalue weighted by Crippen LogP contribution is -2.25. The second-order valence-electron chi connectivity index (χ2n) is 5.33. The van der Waals surface area contributed by atoms with E-state index in [9.17, 15) is 0 Å². The molecule has 1 saturated carbocycles. The molecule has 0 spiro atoms. The van der Waals surface area contributed by atoms with Crippen molar-refractivity contribution in [2.75, 3.05) is 0 Å². The fraction of sp³-hybridized carbons (Fsp3) is 0.312. The molecule has 2 aromatic rings. The first-order valence-corrected chi connectivity index (χ1v) is 8.21. The fourth-order valence-electron chi connectivity index (χ4n) is 2.43. The van der Waals surface area contributed by atoms with Gasteiger partial charge in [0.15, 0.2) is 0 Å². The Labute approximate surface area is 129 Å². The molecule has 0 amide bonds. The smallest absolute Gasteiger partial charge is 0.103 e. The van der Waals surface area contributed by atoms with Crippen molar-refractivity contribution in [1.82, 2.24) is 4.90 Å². The summed E-state index contributed by atoms with van der Waals surface area (Å²) in [5, 5.41) is 4.38. The molecule has 0 bridgehead atoms. The van der Waals surface area contributed by atoms with E-state index in [4.69, 9.17) is 18.0 Å². The molecule has 1 aliphatic rings. The van der Waals surface area contributed by atoms with Crippen molar-refractivity contribution in [3.8, 4) is 0 Å². The van der Waals surface area contributed by atoms with Crippen molar-refractivity contribution in [3.05, 3.63) is 57.8 Å². The Morgan fingerprint density at radius 3 is 2.70 bits per heavy atom. The maximum atomic E-state index is 5.71. The minimum Gasteiger partial charge on any atom is -0.389 e. The zero-order valence-corrected chi connectivity index (χ0v) is 12.9. The average molecular weight is 302 g/mol. The highest BCUT2D eigenvalue weighted by Crippen LogP contribution is 2.30. The second-order valence-corrected chi connectivity index (χ2v) is 6.55. The minimum atomic E-state index is 0.475. The number of rotatable bonds is 6. The number of benzene rings is 1. The zero-order valence-electron chi connectivity index (χ0n) is 11.3. The summed E-state index contributed by atoms with van der Waals surface area (Å²) in [6.45, 7) is 2.00. The van der Waals surface area contributed by atoms with Gasteiger partial charge in [-0.25, -0.2) is 0 Å². The van der Waals surface area contributed by atoms with Crippen LogP contribution in [0.2, 0.25) is 0 Å². The molecule has 0 saturated heterocycles. The standard InChI is InChI=1S/C16H18N2S2/c17-16(19)14-3-1-2-12(8-14)9-18(15-4-5-15)10-13-6-7-20-11-13/h1-3,6-8,11,15H,4-5,9-10H2,(H2,17,19). The topological polar surface area (TPSA) is 29.3 Å². The van der Waals surface area contributed by atoms with E-state index in [1.807, 2.05) is 12.1 Å².